The Kier molecular flexibility index (Phi) is 37.3. The Morgan fingerprint density at radius 1 is 1.26 bits per heavy atom. The molecule has 0 spiro atoms. The SMILES string of the molecule is C=C(C)C(=O)Cl.CCN(CC)CC.C[B]P(C)I.O[B]P(O)I. The molecule has 136 valence electrons. The topological polar surface area (TPSA) is 60.8 Å². The molecule has 4 nitrogen and oxygen atoms in total. The van der Waals surface area contributed by atoms with E-state index in [0.29, 0.717) is 5.57 Å². The third-order valence-electron chi connectivity index (χ3n) is 2.13. The van der Waals surface area contributed by atoms with E-state index in [-0.39, 0.29) is 5.44 Å². The van der Waals surface area contributed by atoms with Crippen molar-refractivity contribution in [1.82, 2.24) is 4.90 Å². The third-order valence-corrected chi connectivity index (χ3v) is 5.77. The predicted octanol–water partition coefficient (Wildman–Crippen LogP) is 5.04. The number of nitrogens with zero attached hydrogens (tertiary/aromatic N) is 1. The van der Waals surface area contributed by atoms with E-state index < -0.39 is 10.9 Å². The molecule has 23 heavy (non-hydrogen) atoms. The second kappa shape index (κ2) is 26.3. The summed E-state index contributed by atoms with van der Waals surface area (Å²) in [5.41, 5.74) is -0.565. The fraction of sp³-hybridized carbons (Fsp3) is 0.750. The minimum Gasteiger partial charge on any atom is -0.448 e. The molecule has 0 rings (SSSR count). The van der Waals surface area contributed by atoms with Crippen LogP contribution >= 0.6 is 66.8 Å². The summed E-state index contributed by atoms with van der Waals surface area (Å²) >= 11 is 9.01. The van der Waals surface area contributed by atoms with Crippen molar-refractivity contribution in [3.05, 3.63) is 12.2 Å². The number of carbonyl (C=O) groups excluding carboxylic acids is 1. The van der Waals surface area contributed by atoms with Crippen LogP contribution in [-0.2, 0) is 4.79 Å². The maximum atomic E-state index is 9.81. The molecule has 2 N–H and O–H groups in total. The lowest BCUT2D eigenvalue weighted by molar-refractivity contribution is -0.108. The van der Waals surface area contributed by atoms with Crippen LogP contribution < -0.4 is 0 Å². The number of hydrogen-bond donors (Lipinski definition) is 2. The summed E-state index contributed by atoms with van der Waals surface area (Å²) in [5, 5.41) is 7.33. The number of carbonyl (C=O) groups is 1. The van der Waals surface area contributed by atoms with Gasteiger partial charge in [-0.2, -0.15) is 0 Å². The molecule has 0 fully saturated rings. The molecule has 0 saturated carbocycles. The largest absolute Gasteiger partial charge is 0.448 e. The van der Waals surface area contributed by atoms with E-state index in [1.54, 1.807) is 29.0 Å². The van der Waals surface area contributed by atoms with Gasteiger partial charge in [0.05, 0.1) is 5.67 Å². The van der Waals surface area contributed by atoms with Crippen molar-refractivity contribution in [2.45, 2.75) is 34.5 Å². The highest BCUT2D eigenvalue weighted by molar-refractivity contribution is 14.2. The third kappa shape index (κ3) is 45.4. The van der Waals surface area contributed by atoms with E-state index in [1.165, 1.54) is 19.6 Å². The second-order valence-corrected chi connectivity index (χ2v) is 14.1. The van der Waals surface area contributed by atoms with Gasteiger partial charge in [0, 0.05) is 5.57 Å². The van der Waals surface area contributed by atoms with E-state index in [1.807, 2.05) is 0 Å². The van der Waals surface area contributed by atoms with Crippen molar-refractivity contribution in [3.63, 3.8) is 0 Å². The first-order valence-corrected chi connectivity index (χ1v) is 16.1. The van der Waals surface area contributed by atoms with Crippen LogP contribution in [0.5, 0.6) is 0 Å². The van der Waals surface area contributed by atoms with Crippen LogP contribution in [-0.4, -0.2) is 60.6 Å². The van der Waals surface area contributed by atoms with Crippen molar-refractivity contribution in [2.24, 2.45) is 0 Å². The zero-order valence-electron chi connectivity index (χ0n) is 14.8. The first-order valence-electron chi connectivity index (χ1n) is 6.90. The Balaban J connectivity index is -0.000000106. The molecular formula is C12H28B2ClI2NO3P2. The van der Waals surface area contributed by atoms with Crippen molar-refractivity contribution < 1.29 is 14.7 Å². The minimum atomic E-state index is -1.20. The standard InChI is InChI=1S/C6H15N.C4H5ClO.C2H6BIP.BH2IO2P/c1-4-7(5-2)6-3;1-3(2)4(5)6;1-3-5(2)4;2-5(4)1-3/h4-6H2,1-3H3;1H2,2H3;1-2H3;3-4H. The van der Waals surface area contributed by atoms with Gasteiger partial charge in [0.1, 0.15) is 0 Å². The monoisotopic (exact) mass is 607 g/mol. The minimum absolute atomic E-state index is 0.247. The average Bonchev–Trinajstić information content (AvgIpc) is 2.50. The molecule has 0 aliphatic carbocycles. The zero-order chi connectivity index (χ0) is 19.4. The van der Waals surface area contributed by atoms with E-state index in [4.69, 9.17) is 21.5 Å². The van der Waals surface area contributed by atoms with Gasteiger partial charge in [0.15, 0.2) is 7.00 Å². The van der Waals surface area contributed by atoms with Crippen LogP contribution in [0.15, 0.2) is 12.2 Å². The lowest BCUT2D eigenvalue weighted by atomic mass is 10.2. The Morgan fingerprint density at radius 3 is 1.48 bits per heavy atom. The average molecular weight is 607 g/mol. The van der Waals surface area contributed by atoms with Gasteiger partial charge in [-0.3, -0.25) is 4.79 Å². The summed E-state index contributed by atoms with van der Waals surface area (Å²) in [6.07, 6.45) is 0. The fourth-order valence-electron chi connectivity index (χ4n) is 0.671. The number of rotatable bonds is 6. The molecule has 0 amide bonds. The first kappa shape index (κ1) is 32.7. The summed E-state index contributed by atoms with van der Waals surface area (Å²) in [7, 11) is 0.774. The first-order chi connectivity index (χ1) is 10.5. The maximum absolute atomic E-state index is 9.81. The van der Waals surface area contributed by atoms with Crippen molar-refractivity contribution >= 4 is 86.2 Å². The highest BCUT2D eigenvalue weighted by Gasteiger charge is 1.92. The number of halogens is 3. The van der Waals surface area contributed by atoms with Crippen LogP contribution in [0.1, 0.15) is 27.7 Å². The van der Waals surface area contributed by atoms with Gasteiger partial charge >= 0.3 is 7.20 Å². The highest BCUT2D eigenvalue weighted by Crippen LogP contribution is 2.37. The molecule has 0 aromatic heterocycles. The molecule has 2 unspecified atom stereocenters. The van der Waals surface area contributed by atoms with Crippen LogP contribution in [0.25, 0.3) is 0 Å². The van der Waals surface area contributed by atoms with Crippen LogP contribution in [0.3, 0.4) is 0 Å². The summed E-state index contributed by atoms with van der Waals surface area (Å²) in [6, 6.07) is 0. The fourth-order valence-corrected chi connectivity index (χ4v) is 0.671. The summed E-state index contributed by atoms with van der Waals surface area (Å²) in [6.45, 7) is 21.5. The van der Waals surface area contributed by atoms with Crippen molar-refractivity contribution in [1.29, 1.82) is 0 Å². The number of allylic oxidation sites excluding steroid dienone is 1. The van der Waals surface area contributed by atoms with Gasteiger partial charge < -0.3 is 14.8 Å². The molecular weight excluding hydrogens is 579 g/mol. The van der Waals surface area contributed by atoms with Gasteiger partial charge in [-0.1, -0.05) is 61.7 Å². The summed E-state index contributed by atoms with van der Waals surface area (Å²) in [5.74, 6) is 0. The van der Waals surface area contributed by atoms with Crippen LogP contribution in [0.4, 0.5) is 0 Å². The number of hydrogen-bond acceptors (Lipinski definition) is 4. The Hall–Kier alpha value is 2.03. The van der Waals surface area contributed by atoms with Crippen molar-refractivity contribution in [3.8, 4) is 0 Å². The quantitative estimate of drug-likeness (QED) is 0.146. The Morgan fingerprint density at radius 2 is 1.48 bits per heavy atom. The molecule has 0 heterocycles. The molecule has 0 aromatic rings. The highest BCUT2D eigenvalue weighted by atomic mass is 127. The molecule has 2 atom stereocenters. The van der Waals surface area contributed by atoms with Gasteiger partial charge in [-0.15, -0.1) is 0 Å². The van der Waals surface area contributed by atoms with E-state index >= 15 is 0 Å². The summed E-state index contributed by atoms with van der Waals surface area (Å²) in [4.78, 5) is 20.3. The normalized spacial score (nSPS) is 11.3. The van der Waals surface area contributed by atoms with Gasteiger partial charge in [0.25, 0.3) is 0 Å². The molecule has 0 aliphatic rings. The molecule has 2 radical (unpaired) electrons. The Labute approximate surface area is 177 Å². The molecule has 0 aliphatic heterocycles. The summed E-state index contributed by atoms with van der Waals surface area (Å²) < 4.78 is 0. The smallest absolute Gasteiger partial charge is 0.367 e. The zero-order valence-corrected chi connectivity index (χ0v) is 21.6. The van der Waals surface area contributed by atoms with Gasteiger partial charge in [0.2, 0.25) is 5.24 Å². The van der Waals surface area contributed by atoms with Crippen molar-refractivity contribution in [2.75, 3.05) is 26.3 Å². The van der Waals surface area contributed by atoms with Gasteiger partial charge in [-0.05, 0) is 66.9 Å². The van der Waals surface area contributed by atoms with E-state index in [2.05, 4.69) is 74.8 Å². The molecule has 0 bridgehead atoms. The van der Waals surface area contributed by atoms with Crippen LogP contribution in [0, 0.1) is 0 Å². The maximum Gasteiger partial charge on any atom is 0.367 e. The molecule has 0 aromatic carbocycles. The Bertz CT molecular complexity index is 253. The lowest BCUT2D eigenvalue weighted by Gasteiger charge is -2.13. The van der Waals surface area contributed by atoms with Crippen LogP contribution in [0.2, 0.25) is 6.82 Å². The predicted molar refractivity (Wildman–Crippen MR) is 129 cm³/mol. The van der Waals surface area contributed by atoms with E-state index in [9.17, 15) is 4.79 Å². The lowest BCUT2D eigenvalue weighted by Crippen LogP contribution is -2.21. The van der Waals surface area contributed by atoms with E-state index in [0.717, 1.165) is 7.20 Å². The second-order valence-electron chi connectivity index (χ2n) is 3.86. The molecule has 11 heteroatoms. The molecule has 0 saturated heterocycles. The van der Waals surface area contributed by atoms with Gasteiger partial charge in [-0.25, -0.2) is 0 Å².